The van der Waals surface area contributed by atoms with Gasteiger partial charge in [0.15, 0.2) is 0 Å². The van der Waals surface area contributed by atoms with Crippen molar-refractivity contribution in [2.75, 3.05) is 17.2 Å². The van der Waals surface area contributed by atoms with Crippen molar-refractivity contribution in [3.8, 4) is 0 Å². The first-order valence-corrected chi connectivity index (χ1v) is 7.15. The Balaban J connectivity index is 2.96. The van der Waals surface area contributed by atoms with Crippen LogP contribution in [0.4, 0.5) is 17.3 Å². The molecular formula is C14H24N4O2. The molecule has 0 aliphatic rings. The number of rotatable bonds is 8. The van der Waals surface area contributed by atoms with Gasteiger partial charge >= 0.3 is 5.69 Å². The zero-order valence-corrected chi connectivity index (χ0v) is 12.6. The van der Waals surface area contributed by atoms with Crippen LogP contribution in [0, 0.1) is 16.0 Å². The Morgan fingerprint density at radius 3 is 2.60 bits per heavy atom. The van der Waals surface area contributed by atoms with E-state index in [2.05, 4.69) is 36.4 Å². The van der Waals surface area contributed by atoms with Gasteiger partial charge in [0.1, 0.15) is 5.82 Å². The predicted molar refractivity (Wildman–Crippen MR) is 82.2 cm³/mol. The third-order valence-corrected chi connectivity index (χ3v) is 3.49. The van der Waals surface area contributed by atoms with Gasteiger partial charge in [-0.15, -0.1) is 0 Å². The fourth-order valence-electron chi connectivity index (χ4n) is 1.77. The van der Waals surface area contributed by atoms with Crippen LogP contribution < -0.4 is 10.6 Å². The van der Waals surface area contributed by atoms with Gasteiger partial charge in [-0.2, -0.15) is 0 Å². The topological polar surface area (TPSA) is 80.1 Å². The SMILES string of the molecule is CCCNc1ccc([N+](=O)[O-])c(NC(C)C(C)CC)n1. The lowest BCUT2D eigenvalue weighted by Crippen LogP contribution is -2.24. The van der Waals surface area contributed by atoms with Crippen molar-refractivity contribution in [3.05, 3.63) is 22.2 Å². The fourth-order valence-corrected chi connectivity index (χ4v) is 1.77. The number of nitrogens with one attached hydrogen (secondary N) is 2. The molecule has 0 bridgehead atoms. The molecule has 6 heteroatoms. The molecule has 0 radical (unpaired) electrons. The smallest absolute Gasteiger partial charge is 0.311 e. The Labute approximate surface area is 120 Å². The van der Waals surface area contributed by atoms with Crippen molar-refractivity contribution < 1.29 is 4.92 Å². The summed E-state index contributed by atoms with van der Waals surface area (Å²) in [6, 6.07) is 3.27. The average Bonchev–Trinajstić information content (AvgIpc) is 2.43. The number of hydrogen-bond donors (Lipinski definition) is 2. The molecule has 0 aromatic carbocycles. The minimum atomic E-state index is -0.401. The van der Waals surface area contributed by atoms with E-state index >= 15 is 0 Å². The summed E-state index contributed by atoms with van der Waals surface area (Å²) < 4.78 is 0. The normalized spacial score (nSPS) is 13.6. The van der Waals surface area contributed by atoms with Crippen LogP contribution in [0.3, 0.4) is 0 Å². The quantitative estimate of drug-likeness (QED) is 0.561. The highest BCUT2D eigenvalue weighted by molar-refractivity contribution is 5.60. The van der Waals surface area contributed by atoms with Gasteiger partial charge in [0, 0.05) is 18.7 Å². The van der Waals surface area contributed by atoms with E-state index in [0.717, 1.165) is 19.4 Å². The molecule has 2 atom stereocenters. The second kappa shape index (κ2) is 7.67. The monoisotopic (exact) mass is 280 g/mol. The lowest BCUT2D eigenvalue weighted by Gasteiger charge is -2.20. The van der Waals surface area contributed by atoms with Crippen LogP contribution >= 0.6 is 0 Å². The van der Waals surface area contributed by atoms with E-state index in [1.807, 2.05) is 6.92 Å². The molecule has 1 aromatic heterocycles. The summed E-state index contributed by atoms with van der Waals surface area (Å²) in [5.41, 5.74) is 0.0159. The van der Waals surface area contributed by atoms with E-state index in [9.17, 15) is 10.1 Å². The summed E-state index contributed by atoms with van der Waals surface area (Å²) in [6.45, 7) is 9.09. The fraction of sp³-hybridized carbons (Fsp3) is 0.643. The Morgan fingerprint density at radius 1 is 1.35 bits per heavy atom. The van der Waals surface area contributed by atoms with Crippen LogP contribution in [0.1, 0.15) is 40.5 Å². The summed E-state index contributed by atoms with van der Waals surface area (Å²) in [5.74, 6) is 1.42. The Bertz CT molecular complexity index is 451. The number of hydrogen-bond acceptors (Lipinski definition) is 5. The second-order valence-electron chi connectivity index (χ2n) is 5.07. The molecule has 0 saturated heterocycles. The molecule has 2 unspecified atom stereocenters. The van der Waals surface area contributed by atoms with Gasteiger partial charge in [-0.05, 0) is 25.3 Å². The van der Waals surface area contributed by atoms with E-state index in [1.165, 1.54) is 6.07 Å². The van der Waals surface area contributed by atoms with Crippen LogP contribution in [0.25, 0.3) is 0 Å². The molecule has 1 heterocycles. The zero-order chi connectivity index (χ0) is 15.1. The average molecular weight is 280 g/mol. The Morgan fingerprint density at radius 2 is 2.05 bits per heavy atom. The van der Waals surface area contributed by atoms with Gasteiger partial charge in [0.2, 0.25) is 5.82 Å². The molecule has 0 saturated carbocycles. The Hall–Kier alpha value is -1.85. The van der Waals surface area contributed by atoms with Crippen LogP contribution in [0.15, 0.2) is 12.1 Å². The van der Waals surface area contributed by atoms with Crippen LogP contribution in [-0.2, 0) is 0 Å². The van der Waals surface area contributed by atoms with Crippen molar-refractivity contribution in [2.24, 2.45) is 5.92 Å². The van der Waals surface area contributed by atoms with Crippen LogP contribution in [-0.4, -0.2) is 22.5 Å². The highest BCUT2D eigenvalue weighted by atomic mass is 16.6. The zero-order valence-electron chi connectivity index (χ0n) is 12.6. The second-order valence-corrected chi connectivity index (χ2v) is 5.07. The molecule has 0 fully saturated rings. The molecule has 1 rings (SSSR count). The molecular weight excluding hydrogens is 256 g/mol. The maximum atomic E-state index is 11.1. The third kappa shape index (κ3) is 4.36. The Kier molecular flexibility index (Phi) is 6.21. The molecule has 0 aliphatic carbocycles. The maximum Gasteiger partial charge on any atom is 0.311 e. The minimum absolute atomic E-state index is 0.0159. The van der Waals surface area contributed by atoms with Crippen molar-refractivity contribution in [3.63, 3.8) is 0 Å². The summed E-state index contributed by atoms with van der Waals surface area (Å²) in [5, 5.41) is 17.4. The minimum Gasteiger partial charge on any atom is -0.370 e. The predicted octanol–water partition coefficient (Wildman–Crippen LogP) is 3.66. The molecule has 0 spiro atoms. The summed E-state index contributed by atoms with van der Waals surface area (Å²) in [6.07, 6.45) is 1.99. The van der Waals surface area contributed by atoms with Crippen LogP contribution in [0.5, 0.6) is 0 Å². The maximum absolute atomic E-state index is 11.1. The number of pyridine rings is 1. The first-order chi connectivity index (χ1) is 9.49. The van der Waals surface area contributed by atoms with E-state index in [4.69, 9.17) is 0 Å². The van der Waals surface area contributed by atoms with Crippen molar-refractivity contribution >= 4 is 17.3 Å². The van der Waals surface area contributed by atoms with Gasteiger partial charge in [-0.25, -0.2) is 4.98 Å². The number of anilines is 2. The third-order valence-electron chi connectivity index (χ3n) is 3.49. The standard InChI is InChI=1S/C14H24N4O2/c1-5-9-15-13-8-7-12(18(19)20)14(17-13)16-11(4)10(3)6-2/h7-8,10-11H,5-6,9H2,1-4H3,(H2,15,16,17). The van der Waals surface area contributed by atoms with Crippen molar-refractivity contribution in [2.45, 2.75) is 46.6 Å². The van der Waals surface area contributed by atoms with Crippen molar-refractivity contribution in [1.82, 2.24) is 4.98 Å². The lowest BCUT2D eigenvalue weighted by molar-refractivity contribution is -0.384. The number of aromatic nitrogens is 1. The summed E-state index contributed by atoms with van der Waals surface area (Å²) in [4.78, 5) is 15.0. The molecule has 112 valence electrons. The van der Waals surface area contributed by atoms with E-state index in [-0.39, 0.29) is 11.7 Å². The number of nitro groups is 1. The summed E-state index contributed by atoms with van der Waals surface area (Å²) >= 11 is 0. The molecule has 0 amide bonds. The van der Waals surface area contributed by atoms with Gasteiger partial charge in [-0.1, -0.05) is 27.2 Å². The van der Waals surface area contributed by atoms with Gasteiger partial charge in [0.25, 0.3) is 0 Å². The molecule has 0 aliphatic heterocycles. The number of nitrogens with zero attached hydrogens (tertiary/aromatic N) is 2. The highest BCUT2D eigenvalue weighted by Gasteiger charge is 2.19. The first kappa shape index (κ1) is 16.2. The molecule has 20 heavy (non-hydrogen) atoms. The first-order valence-electron chi connectivity index (χ1n) is 7.15. The lowest BCUT2D eigenvalue weighted by atomic mass is 10.0. The summed E-state index contributed by atoms with van der Waals surface area (Å²) in [7, 11) is 0. The largest absolute Gasteiger partial charge is 0.370 e. The molecule has 6 nitrogen and oxygen atoms in total. The highest BCUT2D eigenvalue weighted by Crippen LogP contribution is 2.26. The van der Waals surface area contributed by atoms with E-state index in [1.54, 1.807) is 6.07 Å². The van der Waals surface area contributed by atoms with E-state index < -0.39 is 4.92 Å². The molecule has 1 aromatic rings. The van der Waals surface area contributed by atoms with E-state index in [0.29, 0.717) is 17.6 Å². The molecule has 2 N–H and O–H groups in total. The van der Waals surface area contributed by atoms with Crippen LogP contribution in [0.2, 0.25) is 0 Å². The van der Waals surface area contributed by atoms with Gasteiger partial charge in [-0.3, -0.25) is 10.1 Å². The van der Waals surface area contributed by atoms with Gasteiger partial charge in [0.05, 0.1) is 4.92 Å². The van der Waals surface area contributed by atoms with Crippen molar-refractivity contribution in [1.29, 1.82) is 0 Å². The van der Waals surface area contributed by atoms with Gasteiger partial charge < -0.3 is 10.6 Å².